The van der Waals surface area contributed by atoms with Gasteiger partial charge in [-0.2, -0.15) is 0 Å². The van der Waals surface area contributed by atoms with E-state index < -0.39 is 17.5 Å². The van der Waals surface area contributed by atoms with Crippen LogP contribution in [0, 0.1) is 0 Å². The summed E-state index contributed by atoms with van der Waals surface area (Å²) in [6.07, 6.45) is 0.0675. The zero-order chi connectivity index (χ0) is 18.4. The summed E-state index contributed by atoms with van der Waals surface area (Å²) in [6, 6.07) is 17.0. The van der Waals surface area contributed by atoms with Crippen LogP contribution in [0.5, 0.6) is 0 Å². The molecule has 0 spiro atoms. The molecule has 0 unspecified atom stereocenters. The monoisotopic (exact) mass is 339 g/mol. The zero-order valence-corrected chi connectivity index (χ0v) is 15.2. The van der Waals surface area contributed by atoms with Crippen LogP contribution in [0.15, 0.2) is 54.6 Å². The Morgan fingerprint density at radius 1 is 1.04 bits per heavy atom. The molecule has 2 aromatic carbocycles. The number of hydrogen-bond acceptors (Lipinski definition) is 3. The van der Waals surface area contributed by atoms with Crippen LogP contribution in [0.1, 0.15) is 38.8 Å². The fourth-order valence-corrected chi connectivity index (χ4v) is 2.40. The number of esters is 1. The van der Waals surface area contributed by atoms with Gasteiger partial charge < -0.3 is 10.1 Å². The molecule has 0 heterocycles. The fraction of sp³-hybridized carbons (Fsp3) is 0.333. The predicted molar refractivity (Wildman–Crippen MR) is 99.5 cm³/mol. The third kappa shape index (κ3) is 4.69. The van der Waals surface area contributed by atoms with Crippen LogP contribution >= 0.6 is 0 Å². The van der Waals surface area contributed by atoms with Crippen molar-refractivity contribution in [1.82, 2.24) is 0 Å². The number of hydrogen-bond donors (Lipinski definition) is 1. The highest BCUT2D eigenvalue weighted by atomic mass is 16.5. The highest BCUT2D eigenvalue weighted by Gasteiger charge is 2.33. The molecule has 0 bridgehead atoms. The lowest BCUT2D eigenvalue weighted by molar-refractivity contribution is -0.158. The molecule has 1 amide bonds. The highest BCUT2D eigenvalue weighted by molar-refractivity contribution is 5.95. The summed E-state index contributed by atoms with van der Waals surface area (Å²) in [5.41, 5.74) is 1.91. The Hall–Kier alpha value is -2.62. The van der Waals surface area contributed by atoms with Crippen molar-refractivity contribution in [3.05, 3.63) is 65.7 Å². The van der Waals surface area contributed by atoms with Gasteiger partial charge in [-0.15, -0.1) is 0 Å². The number of benzene rings is 2. The molecule has 1 N–H and O–H groups in total. The van der Waals surface area contributed by atoms with Crippen molar-refractivity contribution in [2.24, 2.45) is 0 Å². The van der Waals surface area contributed by atoms with Gasteiger partial charge in [0.15, 0.2) is 6.10 Å². The van der Waals surface area contributed by atoms with E-state index in [1.54, 1.807) is 20.8 Å². The van der Waals surface area contributed by atoms with E-state index >= 15 is 0 Å². The minimum absolute atomic E-state index is 0.346. The summed E-state index contributed by atoms with van der Waals surface area (Å²) in [6.45, 7) is 7.23. The number of carbonyl (C=O) groups excluding carboxylic acids is 2. The van der Waals surface area contributed by atoms with Crippen LogP contribution in [0.2, 0.25) is 0 Å². The van der Waals surface area contributed by atoms with Gasteiger partial charge in [0.1, 0.15) is 0 Å². The van der Waals surface area contributed by atoms with Crippen LogP contribution in [0.3, 0.4) is 0 Å². The van der Waals surface area contributed by atoms with Gasteiger partial charge in [0, 0.05) is 5.69 Å². The summed E-state index contributed by atoms with van der Waals surface area (Å²) >= 11 is 0. The van der Waals surface area contributed by atoms with E-state index in [0.717, 1.165) is 12.0 Å². The molecule has 0 fully saturated rings. The van der Waals surface area contributed by atoms with Gasteiger partial charge in [0.05, 0.1) is 5.41 Å². The summed E-state index contributed by atoms with van der Waals surface area (Å²) in [4.78, 5) is 24.8. The van der Waals surface area contributed by atoms with Crippen molar-refractivity contribution in [1.29, 1.82) is 0 Å². The van der Waals surface area contributed by atoms with Gasteiger partial charge in [-0.25, -0.2) is 0 Å². The molecule has 0 saturated heterocycles. The standard InChI is InChI=1S/C21H25NO3/c1-5-16-11-13-18(14-12-16)22-19(23)15(2)25-20(24)21(3,4)17-9-7-6-8-10-17/h6-15H,5H2,1-4H3,(H,22,23)/t15-/m0/s1. The summed E-state index contributed by atoms with van der Waals surface area (Å²) in [5.74, 6) is -0.774. The second-order valence-electron chi connectivity index (χ2n) is 6.58. The molecule has 4 nitrogen and oxygen atoms in total. The molecular weight excluding hydrogens is 314 g/mol. The van der Waals surface area contributed by atoms with Crippen LogP contribution in [0.25, 0.3) is 0 Å². The van der Waals surface area contributed by atoms with Gasteiger partial charge in [-0.1, -0.05) is 49.4 Å². The summed E-state index contributed by atoms with van der Waals surface area (Å²) in [5, 5.41) is 2.77. The number of aryl methyl sites for hydroxylation is 1. The third-order valence-corrected chi connectivity index (χ3v) is 4.29. The number of rotatable bonds is 6. The molecule has 0 radical (unpaired) electrons. The van der Waals surface area contributed by atoms with Crippen LogP contribution in [-0.4, -0.2) is 18.0 Å². The largest absolute Gasteiger partial charge is 0.452 e. The Morgan fingerprint density at radius 2 is 1.64 bits per heavy atom. The quantitative estimate of drug-likeness (QED) is 0.806. The molecule has 0 aliphatic carbocycles. The molecular formula is C21H25NO3. The van der Waals surface area contributed by atoms with Crippen molar-refractivity contribution >= 4 is 17.6 Å². The van der Waals surface area contributed by atoms with Gasteiger partial charge in [-0.05, 0) is 50.5 Å². The molecule has 0 aliphatic heterocycles. The third-order valence-electron chi connectivity index (χ3n) is 4.29. The van der Waals surface area contributed by atoms with Crippen LogP contribution < -0.4 is 5.32 Å². The fourth-order valence-electron chi connectivity index (χ4n) is 2.40. The first kappa shape index (κ1) is 18.7. The van der Waals surface area contributed by atoms with E-state index in [1.165, 1.54) is 5.56 Å². The van der Waals surface area contributed by atoms with Crippen molar-refractivity contribution < 1.29 is 14.3 Å². The first-order valence-electron chi connectivity index (χ1n) is 8.51. The maximum absolute atomic E-state index is 12.5. The average molecular weight is 339 g/mol. The van der Waals surface area contributed by atoms with Crippen LogP contribution in [-0.2, 0) is 26.2 Å². The van der Waals surface area contributed by atoms with Gasteiger partial charge in [0.25, 0.3) is 5.91 Å². The van der Waals surface area contributed by atoms with E-state index in [2.05, 4.69) is 12.2 Å². The average Bonchev–Trinajstić information content (AvgIpc) is 2.62. The zero-order valence-electron chi connectivity index (χ0n) is 15.2. The lowest BCUT2D eigenvalue weighted by atomic mass is 9.85. The number of amides is 1. The highest BCUT2D eigenvalue weighted by Crippen LogP contribution is 2.25. The summed E-state index contributed by atoms with van der Waals surface area (Å²) in [7, 11) is 0. The maximum atomic E-state index is 12.5. The van der Waals surface area contributed by atoms with E-state index in [-0.39, 0.29) is 5.91 Å². The second-order valence-corrected chi connectivity index (χ2v) is 6.58. The van der Waals surface area contributed by atoms with Gasteiger partial charge in [-0.3, -0.25) is 9.59 Å². The van der Waals surface area contributed by atoms with Crippen LogP contribution in [0.4, 0.5) is 5.69 Å². The molecule has 2 rings (SSSR count). The molecule has 4 heteroatoms. The van der Waals surface area contributed by atoms with Crippen molar-refractivity contribution in [3.63, 3.8) is 0 Å². The van der Waals surface area contributed by atoms with Gasteiger partial charge >= 0.3 is 5.97 Å². The normalized spacial score (nSPS) is 12.3. The van der Waals surface area contributed by atoms with E-state index in [1.807, 2.05) is 54.6 Å². The first-order valence-corrected chi connectivity index (χ1v) is 8.51. The van der Waals surface area contributed by atoms with Crippen molar-refractivity contribution in [2.75, 3.05) is 5.32 Å². The Labute approximate surface area is 149 Å². The molecule has 0 saturated carbocycles. The van der Waals surface area contributed by atoms with Crippen molar-refractivity contribution in [3.8, 4) is 0 Å². The minimum atomic E-state index is -0.874. The first-order chi connectivity index (χ1) is 11.8. The molecule has 1 atom stereocenters. The van der Waals surface area contributed by atoms with E-state index in [9.17, 15) is 9.59 Å². The molecule has 0 aromatic heterocycles. The SMILES string of the molecule is CCc1ccc(NC(=O)[C@H](C)OC(=O)C(C)(C)c2ccccc2)cc1. The topological polar surface area (TPSA) is 55.4 Å². The smallest absolute Gasteiger partial charge is 0.316 e. The Kier molecular flexibility index (Phi) is 5.97. The minimum Gasteiger partial charge on any atom is -0.452 e. The van der Waals surface area contributed by atoms with E-state index in [0.29, 0.717) is 5.69 Å². The lowest BCUT2D eigenvalue weighted by Crippen LogP contribution is -2.37. The lowest BCUT2D eigenvalue weighted by Gasteiger charge is -2.25. The summed E-state index contributed by atoms with van der Waals surface area (Å²) < 4.78 is 5.40. The number of carbonyl (C=O) groups is 2. The molecule has 25 heavy (non-hydrogen) atoms. The Morgan fingerprint density at radius 3 is 2.20 bits per heavy atom. The Balaban J connectivity index is 1.98. The maximum Gasteiger partial charge on any atom is 0.316 e. The van der Waals surface area contributed by atoms with Crippen molar-refractivity contribution in [2.45, 2.75) is 45.6 Å². The number of ether oxygens (including phenoxy) is 1. The number of anilines is 1. The molecule has 132 valence electrons. The van der Waals surface area contributed by atoms with Gasteiger partial charge in [0.2, 0.25) is 0 Å². The predicted octanol–water partition coefficient (Wildman–Crippen LogP) is 4.10. The Bertz CT molecular complexity index is 721. The molecule has 2 aromatic rings. The second kappa shape index (κ2) is 7.97. The number of nitrogens with one attached hydrogen (secondary N) is 1. The molecule has 0 aliphatic rings. The van der Waals surface area contributed by atoms with E-state index in [4.69, 9.17) is 4.74 Å².